The summed E-state index contributed by atoms with van der Waals surface area (Å²) in [5, 5.41) is 3.51. The lowest BCUT2D eigenvalue weighted by Crippen LogP contribution is -2.36. The molecule has 24 heavy (non-hydrogen) atoms. The first-order valence-corrected chi connectivity index (χ1v) is 9.08. The third kappa shape index (κ3) is 4.84. The van der Waals surface area contributed by atoms with Gasteiger partial charge in [-0.25, -0.2) is 4.98 Å². The van der Waals surface area contributed by atoms with E-state index in [2.05, 4.69) is 10.3 Å². The zero-order chi connectivity index (χ0) is 16.8. The van der Waals surface area contributed by atoms with E-state index in [1.165, 1.54) is 6.42 Å². The number of rotatable bonds is 4. The number of nitrogens with zero attached hydrogens (tertiary/aromatic N) is 2. The van der Waals surface area contributed by atoms with Crippen molar-refractivity contribution < 1.29 is 9.53 Å². The molecule has 1 amide bonds. The van der Waals surface area contributed by atoms with Crippen molar-refractivity contribution in [2.45, 2.75) is 57.1 Å². The van der Waals surface area contributed by atoms with Gasteiger partial charge >= 0.3 is 0 Å². The maximum Gasteiger partial charge on any atom is 0.225 e. The monoisotopic (exact) mass is 332 g/mol. The Balaban J connectivity index is 1.47. The molecule has 0 saturated carbocycles. The van der Waals surface area contributed by atoms with Gasteiger partial charge in [-0.1, -0.05) is 0 Å². The van der Waals surface area contributed by atoms with E-state index in [0.29, 0.717) is 18.3 Å². The summed E-state index contributed by atoms with van der Waals surface area (Å²) in [4.78, 5) is 18.7. The standard InChI is InChI=1S/C18H28N4O2/c19-17-7-6-15(13-20-17)21-14-4-3-9-22(10-8-14)18(23)12-16-5-1-2-11-24-16/h6-7,13-14,16,21H,1-5,8-12H2,(H2,19,20)/t14-,16+/m0/s1. The predicted octanol–water partition coefficient (Wildman–Crippen LogP) is 2.42. The SMILES string of the molecule is Nc1ccc(N[C@H]2CCCN(C(=O)C[C@H]3CCCCO3)CC2)cn1. The zero-order valence-electron chi connectivity index (χ0n) is 14.2. The quantitative estimate of drug-likeness (QED) is 0.885. The van der Waals surface area contributed by atoms with Gasteiger partial charge in [0.15, 0.2) is 0 Å². The number of nitrogens with one attached hydrogen (secondary N) is 1. The topological polar surface area (TPSA) is 80.5 Å². The van der Waals surface area contributed by atoms with Crippen molar-refractivity contribution in [2.75, 3.05) is 30.7 Å². The Labute approximate surface area is 143 Å². The second kappa shape index (κ2) is 8.33. The molecule has 2 saturated heterocycles. The van der Waals surface area contributed by atoms with Gasteiger partial charge in [0, 0.05) is 25.7 Å². The molecule has 1 aromatic heterocycles. The Kier molecular flexibility index (Phi) is 5.91. The minimum Gasteiger partial charge on any atom is -0.384 e. The molecule has 0 radical (unpaired) electrons. The second-order valence-electron chi connectivity index (χ2n) is 6.82. The summed E-state index contributed by atoms with van der Waals surface area (Å²) in [7, 11) is 0. The summed E-state index contributed by atoms with van der Waals surface area (Å²) in [6, 6.07) is 4.13. The third-order valence-corrected chi connectivity index (χ3v) is 4.91. The molecule has 1 aromatic rings. The van der Waals surface area contributed by atoms with E-state index in [1.54, 1.807) is 12.3 Å². The highest BCUT2D eigenvalue weighted by molar-refractivity contribution is 5.76. The number of hydrogen-bond acceptors (Lipinski definition) is 5. The smallest absolute Gasteiger partial charge is 0.225 e. The largest absolute Gasteiger partial charge is 0.384 e. The molecule has 2 atom stereocenters. The van der Waals surface area contributed by atoms with Crippen LogP contribution in [0.15, 0.2) is 18.3 Å². The van der Waals surface area contributed by atoms with Crippen molar-refractivity contribution in [1.29, 1.82) is 0 Å². The number of amides is 1. The minimum absolute atomic E-state index is 0.129. The highest BCUT2D eigenvalue weighted by Gasteiger charge is 2.24. The van der Waals surface area contributed by atoms with Gasteiger partial charge in [-0.3, -0.25) is 4.79 Å². The predicted molar refractivity (Wildman–Crippen MR) is 94.7 cm³/mol. The van der Waals surface area contributed by atoms with Crippen molar-refractivity contribution in [2.24, 2.45) is 0 Å². The lowest BCUT2D eigenvalue weighted by molar-refractivity contribution is -0.135. The Hall–Kier alpha value is -1.82. The Bertz CT molecular complexity index is 528. The molecular formula is C18H28N4O2. The highest BCUT2D eigenvalue weighted by atomic mass is 16.5. The summed E-state index contributed by atoms with van der Waals surface area (Å²) in [5.41, 5.74) is 6.61. The summed E-state index contributed by atoms with van der Waals surface area (Å²) in [5.74, 6) is 0.778. The molecule has 132 valence electrons. The van der Waals surface area contributed by atoms with E-state index in [-0.39, 0.29) is 12.0 Å². The normalized spacial score (nSPS) is 25.1. The van der Waals surface area contributed by atoms with Gasteiger partial charge in [0.05, 0.1) is 24.4 Å². The van der Waals surface area contributed by atoms with Crippen LogP contribution in [0.4, 0.5) is 11.5 Å². The van der Waals surface area contributed by atoms with E-state index in [0.717, 1.165) is 57.5 Å². The van der Waals surface area contributed by atoms with Crippen LogP contribution < -0.4 is 11.1 Å². The lowest BCUT2D eigenvalue weighted by atomic mass is 10.1. The Morgan fingerprint density at radius 1 is 1.25 bits per heavy atom. The van der Waals surface area contributed by atoms with Gasteiger partial charge in [-0.05, 0) is 50.7 Å². The average molecular weight is 332 g/mol. The first kappa shape index (κ1) is 17.0. The number of nitrogens with two attached hydrogens (primary N) is 1. The zero-order valence-corrected chi connectivity index (χ0v) is 14.2. The van der Waals surface area contributed by atoms with Crippen LogP contribution in [0.1, 0.15) is 44.9 Å². The molecule has 3 heterocycles. The fraction of sp³-hybridized carbons (Fsp3) is 0.667. The molecular weight excluding hydrogens is 304 g/mol. The first-order chi connectivity index (χ1) is 11.7. The van der Waals surface area contributed by atoms with E-state index < -0.39 is 0 Å². The number of nitrogen functional groups attached to an aromatic ring is 1. The lowest BCUT2D eigenvalue weighted by Gasteiger charge is -2.26. The fourth-order valence-corrected chi connectivity index (χ4v) is 3.51. The number of hydrogen-bond donors (Lipinski definition) is 2. The maximum absolute atomic E-state index is 12.5. The Morgan fingerprint density at radius 2 is 2.17 bits per heavy atom. The number of ether oxygens (including phenoxy) is 1. The van der Waals surface area contributed by atoms with Gasteiger partial charge in [-0.2, -0.15) is 0 Å². The molecule has 0 bridgehead atoms. The van der Waals surface area contributed by atoms with Crippen LogP contribution in [0.2, 0.25) is 0 Å². The van der Waals surface area contributed by atoms with Crippen LogP contribution in [0.25, 0.3) is 0 Å². The molecule has 2 aliphatic rings. The number of pyridine rings is 1. The van der Waals surface area contributed by atoms with Crippen molar-refractivity contribution in [3.63, 3.8) is 0 Å². The molecule has 0 aliphatic carbocycles. The van der Waals surface area contributed by atoms with Crippen molar-refractivity contribution in [3.05, 3.63) is 18.3 Å². The Morgan fingerprint density at radius 3 is 2.92 bits per heavy atom. The molecule has 6 nitrogen and oxygen atoms in total. The van der Waals surface area contributed by atoms with Crippen LogP contribution in [0.5, 0.6) is 0 Å². The summed E-state index contributed by atoms with van der Waals surface area (Å²) < 4.78 is 5.70. The minimum atomic E-state index is 0.129. The van der Waals surface area contributed by atoms with Crippen LogP contribution in [-0.2, 0) is 9.53 Å². The molecule has 0 aromatic carbocycles. The van der Waals surface area contributed by atoms with Crippen LogP contribution in [0, 0.1) is 0 Å². The molecule has 3 rings (SSSR count). The van der Waals surface area contributed by atoms with Crippen LogP contribution in [-0.4, -0.2) is 47.6 Å². The van der Waals surface area contributed by atoms with Crippen LogP contribution in [0.3, 0.4) is 0 Å². The molecule has 2 fully saturated rings. The van der Waals surface area contributed by atoms with Gasteiger partial charge in [0.1, 0.15) is 5.82 Å². The first-order valence-electron chi connectivity index (χ1n) is 9.08. The van der Waals surface area contributed by atoms with Crippen molar-refractivity contribution >= 4 is 17.4 Å². The number of likely N-dealkylation sites (tertiary alicyclic amines) is 1. The van der Waals surface area contributed by atoms with E-state index >= 15 is 0 Å². The number of aromatic nitrogens is 1. The molecule has 2 aliphatic heterocycles. The number of anilines is 2. The summed E-state index contributed by atoms with van der Waals surface area (Å²) in [6.07, 6.45) is 8.82. The van der Waals surface area contributed by atoms with Gasteiger partial charge in [0.2, 0.25) is 5.91 Å². The van der Waals surface area contributed by atoms with Crippen molar-refractivity contribution in [1.82, 2.24) is 9.88 Å². The number of carbonyl (C=O) groups is 1. The fourth-order valence-electron chi connectivity index (χ4n) is 3.51. The van der Waals surface area contributed by atoms with E-state index in [4.69, 9.17) is 10.5 Å². The summed E-state index contributed by atoms with van der Waals surface area (Å²) in [6.45, 7) is 2.47. The second-order valence-corrected chi connectivity index (χ2v) is 6.82. The van der Waals surface area contributed by atoms with Crippen LogP contribution >= 0.6 is 0 Å². The maximum atomic E-state index is 12.5. The molecule has 0 spiro atoms. The molecule has 0 unspecified atom stereocenters. The number of carbonyl (C=O) groups excluding carboxylic acids is 1. The van der Waals surface area contributed by atoms with Gasteiger partial charge < -0.3 is 20.7 Å². The van der Waals surface area contributed by atoms with E-state index in [9.17, 15) is 4.79 Å². The molecule has 6 heteroatoms. The van der Waals surface area contributed by atoms with Gasteiger partial charge in [0.25, 0.3) is 0 Å². The van der Waals surface area contributed by atoms with E-state index in [1.807, 2.05) is 11.0 Å². The molecule has 3 N–H and O–H groups in total. The highest BCUT2D eigenvalue weighted by Crippen LogP contribution is 2.20. The average Bonchev–Trinajstić information content (AvgIpc) is 2.83. The van der Waals surface area contributed by atoms with Crippen molar-refractivity contribution in [3.8, 4) is 0 Å². The third-order valence-electron chi connectivity index (χ3n) is 4.91. The van der Waals surface area contributed by atoms with Gasteiger partial charge in [-0.15, -0.1) is 0 Å². The summed E-state index contributed by atoms with van der Waals surface area (Å²) >= 11 is 0.